The third kappa shape index (κ3) is 2.05. The molecule has 3 unspecified atom stereocenters. The van der Waals surface area contributed by atoms with Crippen LogP contribution in [0.15, 0.2) is 0 Å². The van der Waals surface area contributed by atoms with E-state index in [1.165, 1.54) is 32.1 Å². The van der Waals surface area contributed by atoms with Gasteiger partial charge < -0.3 is 5.11 Å². The highest BCUT2D eigenvalue weighted by atomic mass is 16.3. The van der Waals surface area contributed by atoms with E-state index >= 15 is 0 Å². The summed E-state index contributed by atoms with van der Waals surface area (Å²) in [5, 5.41) is 10.7. The molecular weight excluding hydrogens is 208 g/mol. The van der Waals surface area contributed by atoms with Gasteiger partial charge >= 0.3 is 0 Å². The Balaban J connectivity index is 1.99. The van der Waals surface area contributed by atoms with E-state index in [-0.39, 0.29) is 6.10 Å². The topological polar surface area (TPSA) is 20.2 Å². The quantitative estimate of drug-likeness (QED) is 0.779. The van der Waals surface area contributed by atoms with Crippen LogP contribution in [0.2, 0.25) is 0 Å². The van der Waals surface area contributed by atoms with Gasteiger partial charge in [0, 0.05) is 0 Å². The van der Waals surface area contributed by atoms with E-state index in [0.717, 1.165) is 5.92 Å². The molecule has 3 atom stereocenters. The fourth-order valence-electron chi connectivity index (χ4n) is 4.39. The van der Waals surface area contributed by atoms with Gasteiger partial charge in [0.15, 0.2) is 0 Å². The third-order valence-corrected chi connectivity index (χ3v) is 6.36. The predicted molar refractivity (Wildman–Crippen MR) is 72.8 cm³/mol. The minimum absolute atomic E-state index is 0.0608. The molecule has 2 aliphatic carbocycles. The van der Waals surface area contributed by atoms with Gasteiger partial charge in [-0.15, -0.1) is 0 Å². The number of hydrogen-bond acceptors (Lipinski definition) is 1. The van der Waals surface area contributed by atoms with Gasteiger partial charge in [-0.25, -0.2) is 0 Å². The number of rotatable bonds is 3. The maximum atomic E-state index is 10.7. The second-order valence-corrected chi connectivity index (χ2v) is 7.61. The first kappa shape index (κ1) is 13.4. The van der Waals surface area contributed by atoms with Crippen molar-refractivity contribution in [3.05, 3.63) is 0 Å². The van der Waals surface area contributed by atoms with Crippen LogP contribution in [0.5, 0.6) is 0 Å². The first-order chi connectivity index (χ1) is 7.82. The fraction of sp³-hybridized carbons (Fsp3) is 1.00. The highest BCUT2D eigenvalue weighted by molar-refractivity contribution is 5.15. The zero-order chi connectivity index (χ0) is 12.8. The van der Waals surface area contributed by atoms with E-state index in [2.05, 4.69) is 34.6 Å². The zero-order valence-electron chi connectivity index (χ0n) is 12.3. The fourth-order valence-corrected chi connectivity index (χ4v) is 4.39. The number of aliphatic hydroxyl groups is 1. The lowest BCUT2D eigenvalue weighted by Crippen LogP contribution is -2.30. The summed E-state index contributed by atoms with van der Waals surface area (Å²) >= 11 is 0. The van der Waals surface area contributed by atoms with Crippen LogP contribution < -0.4 is 0 Å². The normalized spacial score (nSPS) is 37.8. The van der Waals surface area contributed by atoms with Crippen LogP contribution in [0.1, 0.15) is 66.7 Å². The van der Waals surface area contributed by atoms with E-state index in [0.29, 0.717) is 22.7 Å². The molecule has 100 valence electrons. The Morgan fingerprint density at radius 1 is 1.12 bits per heavy atom. The molecule has 1 N–H and O–H groups in total. The molecule has 0 amide bonds. The SMILES string of the molecule is CCC1CCCC(C(O)C2C(C)(C)C2(C)C)C1. The van der Waals surface area contributed by atoms with Crippen molar-refractivity contribution in [2.75, 3.05) is 0 Å². The molecular formula is C16H30O. The molecule has 0 saturated heterocycles. The highest BCUT2D eigenvalue weighted by Crippen LogP contribution is 2.70. The molecule has 0 aromatic heterocycles. The Morgan fingerprint density at radius 2 is 1.71 bits per heavy atom. The average molecular weight is 238 g/mol. The lowest BCUT2D eigenvalue weighted by molar-refractivity contribution is 0.0368. The van der Waals surface area contributed by atoms with Crippen LogP contribution in [-0.2, 0) is 0 Å². The van der Waals surface area contributed by atoms with Crippen LogP contribution in [0.3, 0.4) is 0 Å². The van der Waals surface area contributed by atoms with Gasteiger partial charge in [-0.1, -0.05) is 53.9 Å². The van der Waals surface area contributed by atoms with Crippen molar-refractivity contribution in [1.29, 1.82) is 0 Å². The van der Waals surface area contributed by atoms with Crippen molar-refractivity contribution < 1.29 is 5.11 Å². The summed E-state index contributed by atoms with van der Waals surface area (Å²) in [5.74, 6) is 1.95. The maximum Gasteiger partial charge on any atom is 0.0607 e. The molecule has 1 heteroatoms. The second kappa shape index (κ2) is 4.26. The standard InChI is InChI=1S/C16H30O/c1-6-11-8-7-9-12(10-11)13(17)14-15(2,3)16(14,4)5/h11-14,17H,6-10H2,1-5H3. The highest BCUT2D eigenvalue weighted by Gasteiger charge is 2.67. The molecule has 2 fully saturated rings. The van der Waals surface area contributed by atoms with Crippen molar-refractivity contribution in [1.82, 2.24) is 0 Å². The van der Waals surface area contributed by atoms with Crippen molar-refractivity contribution in [2.45, 2.75) is 72.8 Å². The Kier molecular flexibility index (Phi) is 3.36. The minimum Gasteiger partial charge on any atom is -0.393 e. The number of hydrogen-bond donors (Lipinski definition) is 1. The van der Waals surface area contributed by atoms with E-state index in [1.807, 2.05) is 0 Å². The van der Waals surface area contributed by atoms with Gasteiger partial charge in [0.25, 0.3) is 0 Å². The smallest absolute Gasteiger partial charge is 0.0607 e. The Morgan fingerprint density at radius 3 is 2.18 bits per heavy atom. The molecule has 0 aromatic rings. The van der Waals surface area contributed by atoms with Crippen molar-refractivity contribution in [3.63, 3.8) is 0 Å². The molecule has 0 spiro atoms. The Hall–Kier alpha value is -0.0400. The lowest BCUT2D eigenvalue weighted by Gasteiger charge is -2.32. The van der Waals surface area contributed by atoms with E-state index in [9.17, 15) is 5.11 Å². The van der Waals surface area contributed by atoms with Gasteiger partial charge in [-0.3, -0.25) is 0 Å². The summed E-state index contributed by atoms with van der Waals surface area (Å²) in [7, 11) is 0. The van der Waals surface area contributed by atoms with Crippen LogP contribution in [0.25, 0.3) is 0 Å². The molecule has 0 aromatic carbocycles. The summed E-state index contributed by atoms with van der Waals surface area (Å²) in [6.45, 7) is 11.6. The largest absolute Gasteiger partial charge is 0.393 e. The molecule has 0 bridgehead atoms. The molecule has 2 saturated carbocycles. The Bertz CT molecular complexity index is 265. The molecule has 0 aliphatic heterocycles. The molecule has 2 aliphatic rings. The maximum absolute atomic E-state index is 10.7. The molecule has 0 heterocycles. The van der Waals surface area contributed by atoms with Gasteiger partial charge in [0.1, 0.15) is 0 Å². The van der Waals surface area contributed by atoms with Gasteiger partial charge in [0.05, 0.1) is 6.10 Å². The summed E-state index contributed by atoms with van der Waals surface area (Å²) in [6.07, 6.45) is 6.46. The summed E-state index contributed by atoms with van der Waals surface area (Å²) in [4.78, 5) is 0. The molecule has 0 radical (unpaired) electrons. The van der Waals surface area contributed by atoms with Crippen LogP contribution in [-0.4, -0.2) is 11.2 Å². The van der Waals surface area contributed by atoms with Crippen molar-refractivity contribution >= 4 is 0 Å². The molecule has 1 nitrogen and oxygen atoms in total. The summed E-state index contributed by atoms with van der Waals surface area (Å²) in [5.41, 5.74) is 0.650. The second-order valence-electron chi connectivity index (χ2n) is 7.61. The summed E-state index contributed by atoms with van der Waals surface area (Å²) < 4.78 is 0. The molecule has 2 rings (SSSR count). The van der Waals surface area contributed by atoms with Gasteiger partial charge in [-0.05, 0) is 41.4 Å². The van der Waals surface area contributed by atoms with Crippen molar-refractivity contribution in [2.24, 2.45) is 28.6 Å². The zero-order valence-corrected chi connectivity index (χ0v) is 12.3. The van der Waals surface area contributed by atoms with Crippen LogP contribution in [0.4, 0.5) is 0 Å². The monoisotopic (exact) mass is 238 g/mol. The van der Waals surface area contributed by atoms with E-state index in [4.69, 9.17) is 0 Å². The van der Waals surface area contributed by atoms with E-state index in [1.54, 1.807) is 0 Å². The Labute approximate surface area is 107 Å². The van der Waals surface area contributed by atoms with Gasteiger partial charge in [-0.2, -0.15) is 0 Å². The predicted octanol–water partition coefficient (Wildman–Crippen LogP) is 4.25. The summed E-state index contributed by atoms with van der Waals surface area (Å²) in [6, 6.07) is 0. The third-order valence-electron chi connectivity index (χ3n) is 6.36. The van der Waals surface area contributed by atoms with Crippen LogP contribution in [0, 0.1) is 28.6 Å². The van der Waals surface area contributed by atoms with Crippen molar-refractivity contribution in [3.8, 4) is 0 Å². The van der Waals surface area contributed by atoms with Crippen LogP contribution >= 0.6 is 0 Å². The molecule has 17 heavy (non-hydrogen) atoms. The average Bonchev–Trinajstić information content (AvgIpc) is 2.69. The van der Waals surface area contributed by atoms with E-state index < -0.39 is 0 Å². The number of aliphatic hydroxyl groups excluding tert-OH is 1. The minimum atomic E-state index is -0.0608. The lowest BCUT2D eigenvalue weighted by atomic mass is 9.76. The first-order valence-electron chi connectivity index (χ1n) is 7.50. The first-order valence-corrected chi connectivity index (χ1v) is 7.50. The van der Waals surface area contributed by atoms with Gasteiger partial charge in [0.2, 0.25) is 0 Å².